The lowest BCUT2D eigenvalue weighted by atomic mass is 9.63. The fraction of sp³-hybridized carbons (Fsp3) is 0.710. The second kappa shape index (κ2) is 11.9. The van der Waals surface area contributed by atoms with E-state index in [1.54, 1.807) is 12.1 Å². The number of amides is 2. The van der Waals surface area contributed by atoms with E-state index >= 15 is 0 Å². The third kappa shape index (κ3) is 5.86. The Balaban J connectivity index is 1.30. The smallest absolute Gasteiger partial charge is 0.312 e. The normalized spacial score (nSPS) is 27.8. The zero-order chi connectivity index (χ0) is 27.6. The van der Waals surface area contributed by atoms with Crippen molar-refractivity contribution in [1.82, 2.24) is 15.1 Å². The number of carbonyl (C=O) groups is 3. The van der Waals surface area contributed by atoms with Gasteiger partial charge < -0.3 is 19.9 Å². The van der Waals surface area contributed by atoms with Crippen LogP contribution in [0.1, 0.15) is 70.3 Å². The predicted molar refractivity (Wildman–Crippen MR) is 146 cm³/mol. The Morgan fingerprint density at radius 2 is 1.77 bits per heavy atom. The second-order valence-electron chi connectivity index (χ2n) is 12.4. The minimum atomic E-state index is -0.725. The Hall–Kier alpha value is -2.48. The molecule has 8 heteroatoms. The monoisotopic (exact) mass is 541 g/mol. The largest absolute Gasteiger partial charge is 0.466 e. The summed E-state index contributed by atoms with van der Waals surface area (Å²) in [5.74, 6) is 0.110. The van der Waals surface area contributed by atoms with E-state index in [2.05, 4.69) is 17.3 Å². The highest BCUT2D eigenvalue weighted by Gasteiger charge is 2.50. The second-order valence-corrected chi connectivity index (χ2v) is 12.4. The van der Waals surface area contributed by atoms with E-state index in [0.29, 0.717) is 50.8 Å². The Labute approximate surface area is 231 Å². The van der Waals surface area contributed by atoms with Gasteiger partial charge in [-0.25, -0.2) is 4.39 Å². The lowest BCUT2D eigenvalue weighted by Crippen LogP contribution is -2.57. The third-order valence-corrected chi connectivity index (χ3v) is 10.1. The van der Waals surface area contributed by atoms with Gasteiger partial charge >= 0.3 is 5.97 Å². The molecule has 4 fully saturated rings. The third-order valence-electron chi connectivity index (χ3n) is 10.1. The molecule has 39 heavy (non-hydrogen) atoms. The summed E-state index contributed by atoms with van der Waals surface area (Å²) < 4.78 is 19.1. The van der Waals surface area contributed by atoms with Crippen LogP contribution in [0.15, 0.2) is 24.3 Å². The Bertz CT molecular complexity index is 1030. The highest BCUT2D eigenvalue weighted by atomic mass is 19.1. The van der Waals surface area contributed by atoms with Crippen molar-refractivity contribution >= 4 is 17.8 Å². The number of rotatable bonds is 8. The number of likely N-dealkylation sites (tertiary alicyclic amines) is 2. The van der Waals surface area contributed by atoms with Crippen LogP contribution in [0, 0.1) is 29.0 Å². The maximum atomic E-state index is 13.9. The van der Waals surface area contributed by atoms with Crippen LogP contribution in [0.25, 0.3) is 0 Å². The molecule has 2 heterocycles. The van der Waals surface area contributed by atoms with Gasteiger partial charge in [-0.15, -0.1) is 0 Å². The van der Waals surface area contributed by atoms with Crippen molar-refractivity contribution in [1.29, 1.82) is 0 Å². The van der Waals surface area contributed by atoms with E-state index < -0.39 is 11.5 Å². The molecule has 1 aromatic carbocycles. The number of halogens is 1. The summed E-state index contributed by atoms with van der Waals surface area (Å²) in [6, 6.07) is 5.64. The average molecular weight is 542 g/mol. The van der Waals surface area contributed by atoms with Crippen molar-refractivity contribution in [3.63, 3.8) is 0 Å². The Kier molecular flexibility index (Phi) is 8.60. The Morgan fingerprint density at radius 1 is 1.08 bits per heavy atom. The Morgan fingerprint density at radius 3 is 2.38 bits per heavy atom. The van der Waals surface area contributed by atoms with Crippen LogP contribution < -0.4 is 5.32 Å². The number of ether oxygens (including phenoxy) is 1. The first-order valence-electron chi connectivity index (χ1n) is 15.0. The standard InChI is InChI=1S/C31H44FN3O4/c1-3-39-30(38)31(23-7-5-4-6-8-23)13-15-35(16-14-31)29(37)26(18-21-9-11-24(32)12-10-21)33-28(36)25-17-22-19-27(25)34(2)20-22/h9-12,22-23,25-27H,3-8,13-20H2,1-2H3,(H,33,36)/t22-,25+,26-,27-/m1/s1. The first-order valence-corrected chi connectivity index (χ1v) is 15.0. The zero-order valence-electron chi connectivity index (χ0n) is 23.5. The van der Waals surface area contributed by atoms with Gasteiger partial charge in [0, 0.05) is 32.1 Å². The molecule has 7 nitrogen and oxygen atoms in total. The number of fused-ring (bicyclic) bond motifs is 2. The van der Waals surface area contributed by atoms with E-state index in [0.717, 1.165) is 50.6 Å². The van der Waals surface area contributed by atoms with Crippen LogP contribution in [-0.4, -0.2) is 73.0 Å². The summed E-state index contributed by atoms with van der Waals surface area (Å²) in [7, 11) is 2.07. The molecule has 5 rings (SSSR count). The molecule has 2 aliphatic heterocycles. The van der Waals surface area contributed by atoms with Gasteiger partial charge in [-0.05, 0) is 82.0 Å². The molecule has 2 saturated heterocycles. The molecule has 0 aromatic heterocycles. The lowest BCUT2D eigenvalue weighted by Gasteiger charge is -2.46. The molecular weight excluding hydrogens is 497 g/mol. The van der Waals surface area contributed by atoms with Gasteiger partial charge in [0.1, 0.15) is 11.9 Å². The van der Waals surface area contributed by atoms with Crippen LogP contribution in [-0.2, 0) is 25.5 Å². The lowest BCUT2D eigenvalue weighted by molar-refractivity contribution is -0.166. The van der Waals surface area contributed by atoms with Crippen molar-refractivity contribution in [3.05, 3.63) is 35.6 Å². The molecule has 0 unspecified atom stereocenters. The summed E-state index contributed by atoms with van der Waals surface area (Å²) >= 11 is 0. The number of hydrogen-bond acceptors (Lipinski definition) is 5. The highest BCUT2D eigenvalue weighted by molar-refractivity contribution is 5.89. The minimum absolute atomic E-state index is 0.0606. The molecule has 0 radical (unpaired) electrons. The summed E-state index contributed by atoms with van der Waals surface area (Å²) in [4.78, 5) is 44.7. The van der Waals surface area contributed by atoms with Crippen LogP contribution in [0.5, 0.6) is 0 Å². The van der Waals surface area contributed by atoms with Crippen molar-refractivity contribution in [2.45, 2.75) is 83.2 Å². The van der Waals surface area contributed by atoms with Crippen molar-refractivity contribution in [2.75, 3.05) is 33.3 Å². The molecule has 2 aliphatic carbocycles. The van der Waals surface area contributed by atoms with Gasteiger partial charge in [-0.2, -0.15) is 0 Å². The number of hydrogen-bond donors (Lipinski definition) is 1. The topological polar surface area (TPSA) is 79.0 Å². The molecule has 2 amide bonds. The van der Waals surface area contributed by atoms with Gasteiger partial charge in [-0.3, -0.25) is 14.4 Å². The first kappa shape index (κ1) is 28.1. The van der Waals surface area contributed by atoms with E-state index in [9.17, 15) is 18.8 Å². The van der Waals surface area contributed by atoms with E-state index in [4.69, 9.17) is 4.74 Å². The molecule has 214 valence electrons. The zero-order valence-corrected chi connectivity index (χ0v) is 23.5. The fourth-order valence-corrected chi connectivity index (χ4v) is 7.97. The molecular formula is C31H44FN3O4. The van der Waals surface area contributed by atoms with Crippen molar-refractivity contribution in [2.24, 2.45) is 23.2 Å². The quantitative estimate of drug-likeness (QED) is 0.505. The molecule has 4 atom stereocenters. The summed E-state index contributed by atoms with van der Waals surface area (Å²) in [6.45, 7) is 4.19. The predicted octanol–water partition coefficient (Wildman–Crippen LogP) is 3.95. The van der Waals surface area contributed by atoms with Crippen LogP contribution in [0.3, 0.4) is 0 Å². The van der Waals surface area contributed by atoms with E-state index in [1.807, 2.05) is 11.8 Å². The number of carbonyl (C=O) groups excluding carboxylic acids is 3. The summed E-state index contributed by atoms with van der Waals surface area (Å²) in [6.07, 6.45) is 8.96. The summed E-state index contributed by atoms with van der Waals surface area (Å²) in [5, 5.41) is 3.11. The van der Waals surface area contributed by atoms with Gasteiger partial charge in [0.25, 0.3) is 0 Å². The van der Waals surface area contributed by atoms with Crippen LogP contribution in [0.2, 0.25) is 0 Å². The number of esters is 1. The minimum Gasteiger partial charge on any atom is -0.466 e. The molecule has 0 spiro atoms. The van der Waals surface area contributed by atoms with Crippen LogP contribution in [0.4, 0.5) is 4.39 Å². The number of nitrogens with one attached hydrogen (secondary N) is 1. The molecule has 1 N–H and O–H groups in total. The van der Waals surface area contributed by atoms with Gasteiger partial charge in [0.05, 0.1) is 17.9 Å². The number of nitrogens with zero attached hydrogens (tertiary/aromatic N) is 2. The van der Waals surface area contributed by atoms with E-state index in [-0.39, 0.29) is 35.6 Å². The molecule has 2 saturated carbocycles. The van der Waals surface area contributed by atoms with Crippen molar-refractivity contribution in [3.8, 4) is 0 Å². The number of piperidine rings is 2. The summed E-state index contributed by atoms with van der Waals surface area (Å²) in [5.41, 5.74) is 0.275. The highest BCUT2D eigenvalue weighted by Crippen LogP contribution is 2.47. The average Bonchev–Trinajstić information content (AvgIpc) is 3.54. The van der Waals surface area contributed by atoms with Gasteiger partial charge in [0.15, 0.2) is 0 Å². The maximum Gasteiger partial charge on any atom is 0.312 e. The first-order chi connectivity index (χ1) is 18.8. The molecule has 2 bridgehead atoms. The van der Waals surface area contributed by atoms with Gasteiger partial charge in [0.2, 0.25) is 11.8 Å². The maximum absolute atomic E-state index is 13.9. The molecule has 1 aromatic rings. The van der Waals surface area contributed by atoms with Gasteiger partial charge in [-0.1, -0.05) is 31.4 Å². The van der Waals surface area contributed by atoms with E-state index in [1.165, 1.54) is 18.6 Å². The van der Waals surface area contributed by atoms with Crippen LogP contribution >= 0.6 is 0 Å². The van der Waals surface area contributed by atoms with Crippen molar-refractivity contribution < 1.29 is 23.5 Å². The SMILES string of the molecule is CCOC(=O)C1(C2CCCCC2)CCN(C(=O)[C@@H](Cc2ccc(F)cc2)NC(=O)[C@H]2C[C@@H]3C[C@H]2N(C)C3)CC1. The fourth-order valence-electron chi connectivity index (χ4n) is 7.97. The number of benzene rings is 1. The molecule has 4 aliphatic rings.